The van der Waals surface area contributed by atoms with Gasteiger partial charge < -0.3 is 5.32 Å². The molecule has 0 aromatic carbocycles. The van der Waals surface area contributed by atoms with E-state index in [0.717, 1.165) is 5.82 Å². The number of aromatic nitrogens is 2. The van der Waals surface area contributed by atoms with E-state index in [4.69, 9.17) is 0 Å². The van der Waals surface area contributed by atoms with Gasteiger partial charge in [-0.25, -0.2) is 4.98 Å². The first kappa shape index (κ1) is 10.1. The first-order valence-corrected chi connectivity index (χ1v) is 5.64. The van der Waals surface area contributed by atoms with Crippen LogP contribution >= 0.6 is 0 Å². The van der Waals surface area contributed by atoms with Crippen LogP contribution in [-0.4, -0.2) is 32.2 Å². The summed E-state index contributed by atoms with van der Waals surface area (Å²) in [5, 5.41) is 3.19. The minimum Gasteiger partial charge on any atom is -0.368 e. The largest absolute Gasteiger partial charge is 0.368 e. The van der Waals surface area contributed by atoms with E-state index in [2.05, 4.69) is 15.3 Å². The van der Waals surface area contributed by atoms with E-state index in [1.54, 1.807) is 24.8 Å². The molecule has 0 aliphatic rings. The van der Waals surface area contributed by atoms with Crippen LogP contribution < -0.4 is 5.32 Å². The van der Waals surface area contributed by atoms with Gasteiger partial charge in [-0.15, -0.1) is 0 Å². The van der Waals surface area contributed by atoms with Gasteiger partial charge in [0.15, 0.2) is 0 Å². The maximum atomic E-state index is 11.0. The second-order valence-electron chi connectivity index (χ2n) is 2.78. The molecule has 1 aromatic rings. The van der Waals surface area contributed by atoms with Crippen molar-refractivity contribution in [3.63, 3.8) is 0 Å². The van der Waals surface area contributed by atoms with Crippen LogP contribution in [0, 0.1) is 0 Å². The Labute approximate surface area is 80.3 Å². The number of rotatable bonds is 4. The minimum absolute atomic E-state index is 0.127. The molecule has 1 rings (SSSR count). The van der Waals surface area contributed by atoms with Crippen LogP contribution in [0.3, 0.4) is 0 Å². The molecule has 0 aliphatic heterocycles. The summed E-state index contributed by atoms with van der Waals surface area (Å²) in [7, 11) is -0.795. The molecule has 0 spiro atoms. The maximum Gasteiger partial charge on any atom is 0.144 e. The van der Waals surface area contributed by atoms with Gasteiger partial charge in [-0.3, -0.25) is 9.19 Å². The van der Waals surface area contributed by atoms with Crippen molar-refractivity contribution in [3.8, 4) is 0 Å². The van der Waals surface area contributed by atoms with Crippen LogP contribution in [0.5, 0.6) is 0 Å². The number of hydrogen-bond donors (Lipinski definition) is 1. The number of nitrogens with one attached hydrogen (secondary N) is 1. The fraction of sp³-hybridized carbons (Fsp3) is 0.500. The van der Waals surface area contributed by atoms with Gasteiger partial charge in [0.25, 0.3) is 0 Å². The molecule has 72 valence electrons. The fourth-order valence-electron chi connectivity index (χ4n) is 0.756. The average molecular weight is 199 g/mol. The van der Waals surface area contributed by atoms with Crippen molar-refractivity contribution in [2.45, 2.75) is 12.2 Å². The summed E-state index contributed by atoms with van der Waals surface area (Å²) in [5.41, 5.74) is 0. The summed E-state index contributed by atoms with van der Waals surface area (Å²) in [4.78, 5) is 7.94. The van der Waals surface area contributed by atoms with Crippen molar-refractivity contribution in [2.24, 2.45) is 0 Å². The first-order valence-electron chi connectivity index (χ1n) is 4.02. The van der Waals surface area contributed by atoms with Crippen molar-refractivity contribution in [3.05, 3.63) is 18.6 Å². The molecule has 1 N–H and O–H groups in total. The average Bonchev–Trinajstić information content (AvgIpc) is 2.15. The summed E-state index contributed by atoms with van der Waals surface area (Å²) in [6.45, 7) is 2.58. The van der Waals surface area contributed by atoms with Crippen molar-refractivity contribution in [1.29, 1.82) is 0 Å². The summed E-state index contributed by atoms with van der Waals surface area (Å²) >= 11 is 0. The second-order valence-corrected chi connectivity index (χ2v) is 4.58. The second kappa shape index (κ2) is 4.91. The quantitative estimate of drug-likeness (QED) is 0.773. The third-order valence-electron chi connectivity index (χ3n) is 1.70. The lowest BCUT2D eigenvalue weighted by Crippen LogP contribution is -2.21. The van der Waals surface area contributed by atoms with E-state index in [-0.39, 0.29) is 5.25 Å². The van der Waals surface area contributed by atoms with Gasteiger partial charge in [0.1, 0.15) is 5.82 Å². The lowest BCUT2D eigenvalue weighted by Gasteiger charge is -2.09. The molecule has 2 atom stereocenters. The highest BCUT2D eigenvalue weighted by Crippen LogP contribution is 1.99. The molecule has 0 fully saturated rings. The van der Waals surface area contributed by atoms with Crippen molar-refractivity contribution in [1.82, 2.24) is 9.97 Å². The molecular formula is C8H13N3OS. The molecule has 0 saturated carbocycles. The van der Waals surface area contributed by atoms with Gasteiger partial charge in [-0.05, 0) is 6.92 Å². The van der Waals surface area contributed by atoms with Crippen LogP contribution in [0.1, 0.15) is 6.92 Å². The van der Waals surface area contributed by atoms with E-state index in [9.17, 15) is 4.21 Å². The molecule has 2 unspecified atom stereocenters. The van der Waals surface area contributed by atoms with Crippen LogP contribution in [0.25, 0.3) is 0 Å². The Kier molecular flexibility index (Phi) is 3.82. The first-order chi connectivity index (χ1) is 6.20. The molecule has 0 saturated heterocycles. The Morgan fingerprint density at radius 1 is 1.62 bits per heavy atom. The molecule has 0 radical (unpaired) electrons. The zero-order valence-corrected chi connectivity index (χ0v) is 8.54. The van der Waals surface area contributed by atoms with Gasteiger partial charge in [0.2, 0.25) is 0 Å². The standard InChI is InChI=1S/C8H13N3OS/c1-7(13(2)12)5-11-8-6-9-3-4-10-8/h3-4,6-7H,5H2,1-2H3,(H,10,11). The van der Waals surface area contributed by atoms with Gasteiger partial charge >= 0.3 is 0 Å². The molecule has 13 heavy (non-hydrogen) atoms. The van der Waals surface area contributed by atoms with Gasteiger partial charge in [-0.2, -0.15) is 0 Å². The SMILES string of the molecule is CC(CNc1cnccn1)S(C)=O. The predicted molar refractivity (Wildman–Crippen MR) is 54.1 cm³/mol. The van der Waals surface area contributed by atoms with E-state index in [1.807, 2.05) is 6.92 Å². The highest BCUT2D eigenvalue weighted by molar-refractivity contribution is 7.84. The van der Waals surface area contributed by atoms with Gasteiger partial charge in [0.05, 0.1) is 6.20 Å². The summed E-state index contributed by atoms with van der Waals surface area (Å²) < 4.78 is 11.0. The third kappa shape index (κ3) is 3.50. The normalized spacial score (nSPS) is 14.9. The highest BCUT2D eigenvalue weighted by atomic mass is 32.2. The highest BCUT2D eigenvalue weighted by Gasteiger charge is 2.05. The van der Waals surface area contributed by atoms with E-state index >= 15 is 0 Å². The van der Waals surface area contributed by atoms with Crippen LogP contribution in [0.15, 0.2) is 18.6 Å². The predicted octanol–water partition coefficient (Wildman–Crippen LogP) is 0.655. The lowest BCUT2D eigenvalue weighted by molar-refractivity contribution is 0.678. The monoisotopic (exact) mass is 199 g/mol. The molecule has 0 bridgehead atoms. The Bertz CT molecular complexity index is 278. The zero-order chi connectivity index (χ0) is 9.68. The summed E-state index contributed by atoms with van der Waals surface area (Å²) in [6.07, 6.45) is 6.58. The minimum atomic E-state index is -0.795. The maximum absolute atomic E-state index is 11.0. The number of hydrogen-bond acceptors (Lipinski definition) is 4. The van der Waals surface area contributed by atoms with E-state index in [1.165, 1.54) is 0 Å². The molecular weight excluding hydrogens is 186 g/mol. The molecule has 0 aliphatic carbocycles. The van der Waals surface area contributed by atoms with Crippen LogP contribution in [-0.2, 0) is 10.8 Å². The Morgan fingerprint density at radius 2 is 2.38 bits per heavy atom. The van der Waals surface area contributed by atoms with Crippen molar-refractivity contribution >= 4 is 16.6 Å². The molecule has 4 nitrogen and oxygen atoms in total. The summed E-state index contributed by atoms with van der Waals surface area (Å²) in [6, 6.07) is 0. The van der Waals surface area contributed by atoms with Gasteiger partial charge in [0, 0.05) is 41.2 Å². The molecule has 0 amide bonds. The summed E-state index contributed by atoms with van der Waals surface area (Å²) in [5.74, 6) is 0.722. The van der Waals surface area contributed by atoms with Crippen LogP contribution in [0.2, 0.25) is 0 Å². The Morgan fingerprint density at radius 3 is 2.92 bits per heavy atom. The lowest BCUT2D eigenvalue weighted by atomic mass is 10.4. The van der Waals surface area contributed by atoms with E-state index < -0.39 is 10.8 Å². The van der Waals surface area contributed by atoms with E-state index in [0.29, 0.717) is 6.54 Å². The molecule has 1 heterocycles. The fourth-order valence-corrected chi connectivity index (χ4v) is 1.07. The van der Waals surface area contributed by atoms with Crippen molar-refractivity contribution in [2.75, 3.05) is 18.1 Å². The Balaban J connectivity index is 2.39. The molecule has 5 heteroatoms. The molecule has 1 aromatic heterocycles. The number of anilines is 1. The van der Waals surface area contributed by atoms with Crippen LogP contribution in [0.4, 0.5) is 5.82 Å². The van der Waals surface area contributed by atoms with Crippen molar-refractivity contribution < 1.29 is 4.21 Å². The third-order valence-corrected chi connectivity index (χ3v) is 3.00. The Hall–Kier alpha value is -0.970. The van der Waals surface area contributed by atoms with Gasteiger partial charge in [-0.1, -0.05) is 0 Å². The number of nitrogens with zero attached hydrogens (tertiary/aromatic N) is 2. The topological polar surface area (TPSA) is 54.9 Å². The zero-order valence-electron chi connectivity index (χ0n) is 7.73. The smallest absolute Gasteiger partial charge is 0.144 e.